The Morgan fingerprint density at radius 2 is 1.80 bits per heavy atom. The van der Waals surface area contributed by atoms with Gasteiger partial charge in [-0.2, -0.15) is 0 Å². The van der Waals surface area contributed by atoms with Crippen molar-refractivity contribution in [1.82, 2.24) is 15.2 Å². The minimum Gasteiger partial charge on any atom is -0.497 e. The lowest BCUT2D eigenvalue weighted by Gasteiger charge is -2.22. The third-order valence-electron chi connectivity index (χ3n) is 5.52. The molecule has 1 N–H and O–H groups in total. The Balaban J connectivity index is 1.40. The van der Waals surface area contributed by atoms with Crippen LogP contribution in [0.5, 0.6) is 5.75 Å². The maximum absolute atomic E-state index is 13.8. The maximum Gasteiger partial charge on any atom is 0.287 e. The van der Waals surface area contributed by atoms with Crippen molar-refractivity contribution in [2.24, 2.45) is 0 Å². The highest BCUT2D eigenvalue weighted by Gasteiger charge is 2.15. The molecule has 0 saturated heterocycles. The highest BCUT2D eigenvalue weighted by atomic mass is 19.1. The van der Waals surface area contributed by atoms with Gasteiger partial charge < -0.3 is 14.5 Å². The quantitative estimate of drug-likeness (QED) is 0.332. The second-order valence-corrected chi connectivity index (χ2v) is 8.22. The van der Waals surface area contributed by atoms with Gasteiger partial charge in [-0.05, 0) is 59.7 Å². The monoisotopic (exact) mass is 473 g/mol. The molecule has 0 aliphatic carbocycles. The number of hydrogen-bond acceptors (Lipinski definition) is 5. The summed E-state index contributed by atoms with van der Waals surface area (Å²) in [6.07, 6.45) is 2.38. The van der Waals surface area contributed by atoms with E-state index in [4.69, 9.17) is 9.15 Å². The normalized spacial score (nSPS) is 10.9. The Bertz CT molecular complexity index is 1230. The molecule has 2 aromatic heterocycles. The number of halogens is 1. The smallest absolute Gasteiger partial charge is 0.287 e. The molecule has 2 aromatic carbocycles. The Hall–Kier alpha value is -3.97. The van der Waals surface area contributed by atoms with Crippen LogP contribution in [0.4, 0.5) is 4.39 Å². The number of rotatable bonds is 11. The van der Waals surface area contributed by atoms with Crippen LogP contribution in [0, 0.1) is 5.82 Å². The van der Waals surface area contributed by atoms with Crippen molar-refractivity contribution in [3.05, 3.63) is 119 Å². The molecule has 0 bridgehead atoms. The topological polar surface area (TPSA) is 67.6 Å². The number of pyridine rings is 1. The predicted molar refractivity (Wildman–Crippen MR) is 131 cm³/mol. The second kappa shape index (κ2) is 11.9. The number of carbonyl (C=O) groups is 1. The van der Waals surface area contributed by atoms with E-state index < -0.39 is 0 Å². The Kier molecular flexibility index (Phi) is 8.25. The van der Waals surface area contributed by atoms with Gasteiger partial charge in [0.15, 0.2) is 5.76 Å². The molecule has 0 atom stereocenters. The van der Waals surface area contributed by atoms with Crippen LogP contribution in [-0.4, -0.2) is 29.4 Å². The lowest BCUT2D eigenvalue weighted by atomic mass is 10.1. The number of hydrogen-bond donors (Lipinski definition) is 1. The predicted octanol–water partition coefficient (Wildman–Crippen LogP) is 5.00. The van der Waals surface area contributed by atoms with Gasteiger partial charge in [0.2, 0.25) is 0 Å². The van der Waals surface area contributed by atoms with Crippen LogP contribution in [-0.2, 0) is 26.1 Å². The van der Waals surface area contributed by atoms with Crippen LogP contribution < -0.4 is 10.1 Å². The van der Waals surface area contributed by atoms with E-state index in [1.165, 1.54) is 12.1 Å². The zero-order chi connectivity index (χ0) is 24.5. The highest BCUT2D eigenvalue weighted by molar-refractivity contribution is 5.91. The van der Waals surface area contributed by atoms with Crippen LogP contribution in [0.2, 0.25) is 0 Å². The molecule has 7 heteroatoms. The van der Waals surface area contributed by atoms with Crippen LogP contribution >= 0.6 is 0 Å². The van der Waals surface area contributed by atoms with E-state index in [1.807, 2.05) is 48.5 Å². The van der Waals surface area contributed by atoms with Crippen molar-refractivity contribution in [3.8, 4) is 5.75 Å². The van der Waals surface area contributed by atoms with Crippen LogP contribution in [0.3, 0.4) is 0 Å². The van der Waals surface area contributed by atoms with Crippen LogP contribution in [0.25, 0.3) is 0 Å². The molecule has 35 heavy (non-hydrogen) atoms. The molecule has 6 nitrogen and oxygen atoms in total. The molecule has 0 fully saturated rings. The fraction of sp³-hybridized carbons (Fsp3) is 0.214. The Morgan fingerprint density at radius 1 is 0.971 bits per heavy atom. The van der Waals surface area contributed by atoms with E-state index in [-0.39, 0.29) is 17.5 Å². The number of furan rings is 1. The van der Waals surface area contributed by atoms with Crippen molar-refractivity contribution >= 4 is 5.91 Å². The van der Waals surface area contributed by atoms with Gasteiger partial charge in [-0.15, -0.1) is 0 Å². The van der Waals surface area contributed by atoms with Crippen molar-refractivity contribution in [3.63, 3.8) is 0 Å². The number of amides is 1. The summed E-state index contributed by atoms with van der Waals surface area (Å²) in [6.45, 7) is 2.07. The fourth-order valence-corrected chi connectivity index (χ4v) is 3.79. The number of aromatic nitrogens is 1. The summed E-state index contributed by atoms with van der Waals surface area (Å²) in [7, 11) is 1.63. The van der Waals surface area contributed by atoms with Crippen LogP contribution in [0.1, 0.15) is 33.1 Å². The second-order valence-electron chi connectivity index (χ2n) is 8.22. The molecule has 4 rings (SSSR count). The molecule has 4 aromatic rings. The summed E-state index contributed by atoms with van der Waals surface area (Å²) in [5.74, 6) is 1.17. The summed E-state index contributed by atoms with van der Waals surface area (Å²) < 4.78 is 24.9. The molecule has 1 amide bonds. The van der Waals surface area contributed by atoms with Crippen molar-refractivity contribution in [2.45, 2.75) is 26.1 Å². The molecule has 2 heterocycles. The molecule has 0 radical (unpaired) electrons. The van der Waals surface area contributed by atoms with Gasteiger partial charge in [0.05, 0.1) is 13.7 Å². The summed E-state index contributed by atoms with van der Waals surface area (Å²) in [4.78, 5) is 18.9. The van der Waals surface area contributed by atoms with Gasteiger partial charge in [0.25, 0.3) is 5.91 Å². The molecule has 0 aliphatic heterocycles. The van der Waals surface area contributed by atoms with Gasteiger partial charge in [-0.25, -0.2) is 4.39 Å². The van der Waals surface area contributed by atoms with Crippen molar-refractivity contribution in [2.75, 3.05) is 13.7 Å². The van der Waals surface area contributed by atoms with Gasteiger partial charge in [0.1, 0.15) is 17.3 Å². The standard InChI is InChI=1S/C28H28FN3O3/c1-34-25-10-8-21(9-11-25)18-32(19-22-5-4-6-23(29)17-22)20-26-12-13-27(35-26)28(33)31-16-14-24-7-2-3-15-30-24/h2-13,15,17H,14,16,18-20H2,1H3,(H,31,33). The maximum atomic E-state index is 13.8. The zero-order valence-electron chi connectivity index (χ0n) is 19.6. The van der Waals surface area contributed by atoms with Gasteiger partial charge in [0, 0.05) is 37.9 Å². The number of ether oxygens (including phenoxy) is 1. The Morgan fingerprint density at radius 3 is 2.54 bits per heavy atom. The summed E-state index contributed by atoms with van der Waals surface area (Å²) in [5, 5.41) is 2.87. The minimum atomic E-state index is -0.269. The first-order valence-corrected chi connectivity index (χ1v) is 11.5. The highest BCUT2D eigenvalue weighted by Crippen LogP contribution is 2.19. The van der Waals surface area contributed by atoms with Crippen molar-refractivity contribution < 1.29 is 18.3 Å². The van der Waals surface area contributed by atoms with E-state index in [1.54, 1.807) is 31.5 Å². The van der Waals surface area contributed by atoms with Crippen molar-refractivity contribution in [1.29, 1.82) is 0 Å². The SMILES string of the molecule is COc1ccc(CN(Cc2cccc(F)c2)Cc2ccc(C(=O)NCCc3ccccn3)o2)cc1. The first-order valence-electron chi connectivity index (χ1n) is 11.5. The Labute approximate surface area is 204 Å². The number of carbonyl (C=O) groups excluding carboxylic acids is 1. The zero-order valence-corrected chi connectivity index (χ0v) is 19.6. The van der Waals surface area contributed by atoms with Crippen LogP contribution in [0.15, 0.2) is 89.5 Å². The molecular formula is C28H28FN3O3. The lowest BCUT2D eigenvalue weighted by Crippen LogP contribution is -2.25. The number of benzene rings is 2. The minimum absolute atomic E-state index is 0.260. The average Bonchev–Trinajstić information content (AvgIpc) is 3.34. The van der Waals surface area contributed by atoms with E-state index in [9.17, 15) is 9.18 Å². The van der Waals surface area contributed by atoms with Gasteiger partial charge >= 0.3 is 0 Å². The number of nitrogens with one attached hydrogen (secondary N) is 1. The summed E-state index contributed by atoms with van der Waals surface area (Å²) >= 11 is 0. The molecular weight excluding hydrogens is 445 g/mol. The molecule has 0 aliphatic rings. The molecule has 0 unspecified atom stereocenters. The summed E-state index contributed by atoms with van der Waals surface area (Å²) in [5.41, 5.74) is 2.86. The number of nitrogens with zero attached hydrogens (tertiary/aromatic N) is 2. The van der Waals surface area contributed by atoms with Gasteiger partial charge in [-0.1, -0.05) is 30.3 Å². The first-order chi connectivity index (χ1) is 17.1. The molecule has 0 saturated carbocycles. The van der Waals surface area contributed by atoms with Gasteiger partial charge in [-0.3, -0.25) is 14.7 Å². The third-order valence-corrected chi connectivity index (χ3v) is 5.52. The van der Waals surface area contributed by atoms with E-state index in [2.05, 4.69) is 15.2 Å². The first kappa shape index (κ1) is 24.2. The largest absolute Gasteiger partial charge is 0.497 e. The molecule has 180 valence electrons. The molecule has 0 spiro atoms. The van der Waals surface area contributed by atoms with E-state index in [0.717, 1.165) is 22.6 Å². The number of methoxy groups -OCH3 is 1. The average molecular weight is 474 g/mol. The lowest BCUT2D eigenvalue weighted by molar-refractivity contribution is 0.0922. The van der Waals surface area contributed by atoms with E-state index >= 15 is 0 Å². The third kappa shape index (κ3) is 7.25. The fourth-order valence-electron chi connectivity index (χ4n) is 3.79. The van der Waals surface area contributed by atoms with E-state index in [0.29, 0.717) is 38.4 Å². The summed E-state index contributed by atoms with van der Waals surface area (Å²) in [6, 6.07) is 23.6.